The summed E-state index contributed by atoms with van der Waals surface area (Å²) >= 11 is 0. The topological polar surface area (TPSA) is 79.9 Å². The summed E-state index contributed by atoms with van der Waals surface area (Å²) in [4.78, 5) is 15.3. The van der Waals surface area contributed by atoms with E-state index in [9.17, 15) is 18.0 Å². The monoisotopic (exact) mass is 388 g/mol. The van der Waals surface area contributed by atoms with Gasteiger partial charge in [0.15, 0.2) is 0 Å². The van der Waals surface area contributed by atoms with E-state index in [4.69, 9.17) is 10.00 Å². The van der Waals surface area contributed by atoms with Gasteiger partial charge < -0.3 is 14.6 Å². The second-order valence-electron chi connectivity index (χ2n) is 5.85. The number of benzene rings is 1. The predicted octanol–water partition coefficient (Wildman–Crippen LogP) is 4.23. The minimum Gasteiger partial charge on any atom is -0.465 e. The van der Waals surface area contributed by atoms with Gasteiger partial charge in [0.2, 0.25) is 0 Å². The smallest absolute Gasteiger partial charge is 0.433 e. The van der Waals surface area contributed by atoms with E-state index in [-0.39, 0.29) is 24.5 Å². The van der Waals surface area contributed by atoms with Crippen molar-refractivity contribution in [1.82, 2.24) is 9.55 Å². The number of anilines is 2. The number of halogens is 3. The summed E-state index contributed by atoms with van der Waals surface area (Å²) in [5.74, 6) is -0.492. The van der Waals surface area contributed by atoms with E-state index in [0.29, 0.717) is 22.7 Å². The molecular weight excluding hydrogens is 373 g/mol. The number of rotatable bonds is 5. The van der Waals surface area contributed by atoms with E-state index in [1.807, 2.05) is 0 Å². The van der Waals surface area contributed by atoms with Crippen LogP contribution >= 0.6 is 0 Å². The molecule has 2 aromatic heterocycles. The molecule has 0 saturated heterocycles. The lowest BCUT2D eigenvalue weighted by atomic mass is 10.2. The Hall–Kier alpha value is -3.54. The number of alkyl halides is 3. The van der Waals surface area contributed by atoms with Gasteiger partial charge in [0, 0.05) is 17.3 Å². The van der Waals surface area contributed by atoms with Gasteiger partial charge in [-0.3, -0.25) is 4.79 Å². The van der Waals surface area contributed by atoms with Crippen molar-refractivity contribution in [2.75, 3.05) is 11.9 Å². The molecule has 0 unspecified atom stereocenters. The summed E-state index contributed by atoms with van der Waals surface area (Å²) in [5.41, 5.74) is -0.112. The minimum absolute atomic E-state index is 0.0151. The van der Waals surface area contributed by atoms with Crippen LogP contribution in [0, 0.1) is 11.3 Å². The van der Waals surface area contributed by atoms with Crippen molar-refractivity contribution in [2.24, 2.45) is 0 Å². The lowest BCUT2D eigenvalue weighted by Gasteiger charge is -2.12. The average molecular weight is 388 g/mol. The molecule has 0 atom stereocenters. The highest BCUT2D eigenvalue weighted by Crippen LogP contribution is 2.31. The quantitative estimate of drug-likeness (QED) is 0.662. The van der Waals surface area contributed by atoms with Gasteiger partial charge in [-0.1, -0.05) is 6.07 Å². The van der Waals surface area contributed by atoms with Crippen molar-refractivity contribution in [3.63, 3.8) is 0 Å². The maximum absolute atomic E-state index is 13.0. The molecule has 0 aliphatic heterocycles. The fourth-order valence-corrected chi connectivity index (χ4v) is 2.76. The molecule has 0 amide bonds. The molecule has 2 heterocycles. The number of hydrogen-bond acceptors (Lipinski definition) is 5. The number of carbonyl (C=O) groups is 1. The van der Waals surface area contributed by atoms with Crippen LogP contribution in [0.3, 0.4) is 0 Å². The van der Waals surface area contributed by atoms with E-state index < -0.39 is 17.8 Å². The summed E-state index contributed by atoms with van der Waals surface area (Å²) in [6.07, 6.45) is -2.98. The molecule has 0 saturated carbocycles. The van der Waals surface area contributed by atoms with Crippen molar-refractivity contribution >= 4 is 28.4 Å². The Balaban J connectivity index is 1.96. The standard InChI is InChI=1S/C19H15F3N4O2/c1-2-28-18(27)11-26-7-6-13-14(4-3-5-15(13)26)24-17-9-12(10-23)8-16(25-17)19(20,21)22/h3-9H,2,11H2,1H3,(H,24,25). The van der Waals surface area contributed by atoms with Crippen LogP contribution in [0.5, 0.6) is 0 Å². The zero-order valence-electron chi connectivity index (χ0n) is 14.7. The van der Waals surface area contributed by atoms with Crippen LogP contribution in [0.1, 0.15) is 18.2 Å². The first-order chi connectivity index (χ1) is 13.3. The molecule has 0 fully saturated rings. The van der Waals surface area contributed by atoms with Gasteiger partial charge in [-0.05, 0) is 37.3 Å². The zero-order chi connectivity index (χ0) is 20.3. The van der Waals surface area contributed by atoms with Crippen LogP contribution in [-0.2, 0) is 22.3 Å². The third-order valence-electron chi connectivity index (χ3n) is 3.93. The van der Waals surface area contributed by atoms with Crippen LogP contribution in [0.15, 0.2) is 42.6 Å². The van der Waals surface area contributed by atoms with Gasteiger partial charge in [0.1, 0.15) is 18.1 Å². The molecule has 6 nitrogen and oxygen atoms in total. The second kappa shape index (κ2) is 7.60. The van der Waals surface area contributed by atoms with Gasteiger partial charge >= 0.3 is 12.1 Å². The van der Waals surface area contributed by atoms with Crippen molar-refractivity contribution in [1.29, 1.82) is 5.26 Å². The Bertz CT molecular complexity index is 1070. The number of nitriles is 1. The molecule has 9 heteroatoms. The molecule has 1 N–H and O–H groups in total. The van der Waals surface area contributed by atoms with Gasteiger partial charge in [-0.2, -0.15) is 18.4 Å². The molecule has 0 bridgehead atoms. The molecule has 3 aromatic rings. The van der Waals surface area contributed by atoms with Gasteiger partial charge in [0.05, 0.1) is 23.8 Å². The molecule has 144 valence electrons. The van der Waals surface area contributed by atoms with Gasteiger partial charge in [-0.15, -0.1) is 0 Å². The maximum atomic E-state index is 13.0. The highest BCUT2D eigenvalue weighted by atomic mass is 19.4. The Morgan fingerprint density at radius 2 is 2.11 bits per heavy atom. The highest BCUT2D eigenvalue weighted by molar-refractivity contribution is 5.94. The summed E-state index contributed by atoms with van der Waals surface area (Å²) in [6.45, 7) is 2.00. The molecule has 0 radical (unpaired) electrons. The Morgan fingerprint density at radius 1 is 1.32 bits per heavy atom. The third-order valence-corrected chi connectivity index (χ3v) is 3.93. The number of aromatic nitrogens is 2. The number of ether oxygens (including phenoxy) is 1. The summed E-state index contributed by atoms with van der Waals surface area (Å²) < 4.78 is 45.7. The molecule has 3 rings (SSSR count). The maximum Gasteiger partial charge on any atom is 0.433 e. The van der Waals surface area contributed by atoms with E-state index in [1.54, 1.807) is 48.0 Å². The van der Waals surface area contributed by atoms with Crippen molar-refractivity contribution in [3.8, 4) is 6.07 Å². The summed E-state index contributed by atoms with van der Waals surface area (Å²) in [6, 6.07) is 10.5. The SMILES string of the molecule is CCOC(=O)Cn1ccc2c(Nc3cc(C#N)cc(C(F)(F)F)n3)cccc21. The Morgan fingerprint density at radius 3 is 2.79 bits per heavy atom. The van der Waals surface area contributed by atoms with E-state index in [2.05, 4.69) is 10.3 Å². The molecule has 0 spiro atoms. The van der Waals surface area contributed by atoms with E-state index in [0.717, 1.165) is 0 Å². The molecular formula is C19H15F3N4O2. The fraction of sp³-hybridized carbons (Fsp3) is 0.211. The van der Waals surface area contributed by atoms with Crippen molar-refractivity contribution in [3.05, 3.63) is 53.9 Å². The first kappa shape index (κ1) is 19.2. The number of hydrogen-bond donors (Lipinski definition) is 1. The molecule has 1 aromatic carbocycles. The largest absolute Gasteiger partial charge is 0.465 e. The number of pyridine rings is 1. The average Bonchev–Trinajstić information content (AvgIpc) is 3.05. The second-order valence-corrected chi connectivity index (χ2v) is 5.85. The molecule has 0 aliphatic carbocycles. The predicted molar refractivity (Wildman–Crippen MR) is 95.8 cm³/mol. The van der Waals surface area contributed by atoms with Crippen LogP contribution in [0.4, 0.5) is 24.7 Å². The Kier molecular flexibility index (Phi) is 5.22. The number of carbonyl (C=O) groups excluding carboxylic acids is 1. The van der Waals surface area contributed by atoms with Crippen LogP contribution in [-0.4, -0.2) is 22.1 Å². The van der Waals surface area contributed by atoms with Crippen LogP contribution < -0.4 is 5.32 Å². The fourth-order valence-electron chi connectivity index (χ4n) is 2.76. The first-order valence-corrected chi connectivity index (χ1v) is 8.31. The van der Waals surface area contributed by atoms with Gasteiger partial charge in [-0.25, -0.2) is 4.98 Å². The number of nitrogens with zero attached hydrogens (tertiary/aromatic N) is 3. The number of nitrogens with one attached hydrogen (secondary N) is 1. The van der Waals surface area contributed by atoms with Crippen molar-refractivity contribution < 1.29 is 22.7 Å². The van der Waals surface area contributed by atoms with Crippen molar-refractivity contribution in [2.45, 2.75) is 19.6 Å². The molecule has 28 heavy (non-hydrogen) atoms. The first-order valence-electron chi connectivity index (χ1n) is 8.31. The lowest BCUT2D eigenvalue weighted by molar-refractivity contribution is -0.143. The third kappa shape index (κ3) is 4.06. The lowest BCUT2D eigenvalue weighted by Crippen LogP contribution is -2.12. The summed E-state index contributed by atoms with van der Waals surface area (Å²) in [7, 11) is 0. The van der Waals surface area contributed by atoms with Gasteiger partial charge in [0.25, 0.3) is 0 Å². The van der Waals surface area contributed by atoms with E-state index >= 15 is 0 Å². The minimum atomic E-state index is -4.67. The van der Waals surface area contributed by atoms with Crippen LogP contribution in [0.2, 0.25) is 0 Å². The highest BCUT2D eigenvalue weighted by Gasteiger charge is 2.33. The number of esters is 1. The molecule has 0 aliphatic rings. The zero-order valence-corrected chi connectivity index (χ0v) is 14.7. The normalized spacial score (nSPS) is 11.2. The van der Waals surface area contributed by atoms with Crippen LogP contribution in [0.25, 0.3) is 10.9 Å². The number of fused-ring (bicyclic) bond motifs is 1. The Labute approximate surface area is 158 Å². The summed E-state index contributed by atoms with van der Waals surface area (Å²) in [5, 5.41) is 12.5. The van der Waals surface area contributed by atoms with E-state index in [1.165, 1.54) is 6.07 Å².